The Morgan fingerprint density at radius 1 is 1.17 bits per heavy atom. The molecule has 3 rings (SSSR count). The molecule has 7 nitrogen and oxygen atoms in total. The first kappa shape index (κ1) is 22.3. The zero-order valence-electron chi connectivity index (χ0n) is 17.2. The summed E-state index contributed by atoms with van der Waals surface area (Å²) in [5.41, 5.74) is 0.815. The molecule has 9 heteroatoms. The fourth-order valence-electron chi connectivity index (χ4n) is 3.74. The molecule has 0 saturated heterocycles. The number of hydrogen-bond donors (Lipinski definition) is 2. The van der Waals surface area contributed by atoms with Gasteiger partial charge in [0.2, 0.25) is 5.91 Å². The first-order valence-corrected chi connectivity index (χ1v) is 10.5. The number of benzene rings is 1. The van der Waals surface area contributed by atoms with Gasteiger partial charge in [-0.05, 0) is 50.3 Å². The molecule has 2 saturated carbocycles. The summed E-state index contributed by atoms with van der Waals surface area (Å²) in [6, 6.07) is 4.74. The topological polar surface area (TPSA) is 79.9 Å². The third-order valence-electron chi connectivity index (χ3n) is 5.26. The van der Waals surface area contributed by atoms with Crippen molar-refractivity contribution in [1.29, 1.82) is 0 Å². The van der Waals surface area contributed by atoms with Crippen LogP contribution in [0.3, 0.4) is 0 Å². The highest BCUT2D eigenvalue weighted by molar-refractivity contribution is 5.95. The minimum atomic E-state index is -2.93. The number of rotatable bonds is 10. The number of carbonyl (C=O) groups excluding carboxylic acids is 2. The number of ether oxygens (including phenoxy) is 2. The molecule has 2 aliphatic carbocycles. The van der Waals surface area contributed by atoms with Crippen molar-refractivity contribution < 1.29 is 27.8 Å². The zero-order valence-corrected chi connectivity index (χ0v) is 17.2. The van der Waals surface area contributed by atoms with Gasteiger partial charge >= 0.3 is 12.6 Å². The van der Waals surface area contributed by atoms with Crippen LogP contribution in [0, 0.1) is 0 Å². The Balaban J connectivity index is 1.57. The highest BCUT2D eigenvalue weighted by Gasteiger charge is 2.31. The lowest BCUT2D eigenvalue weighted by atomic mass is 10.2. The van der Waals surface area contributed by atoms with Crippen molar-refractivity contribution in [2.75, 3.05) is 13.2 Å². The number of halogens is 2. The third kappa shape index (κ3) is 6.83. The molecule has 0 atom stereocenters. The third-order valence-corrected chi connectivity index (χ3v) is 5.26. The van der Waals surface area contributed by atoms with Gasteiger partial charge in [0.1, 0.15) is 0 Å². The molecule has 0 spiro atoms. The first-order chi connectivity index (χ1) is 14.4. The molecule has 0 unspecified atom stereocenters. The summed E-state index contributed by atoms with van der Waals surface area (Å²) in [5.74, 6) is -0.138. The summed E-state index contributed by atoms with van der Waals surface area (Å²) in [5, 5.41) is 5.25. The van der Waals surface area contributed by atoms with Gasteiger partial charge in [-0.3, -0.25) is 15.0 Å². The number of nitrogens with zero attached hydrogens (tertiary/aromatic N) is 1. The van der Waals surface area contributed by atoms with Gasteiger partial charge in [-0.25, -0.2) is 4.79 Å². The Morgan fingerprint density at radius 3 is 2.53 bits per heavy atom. The largest absolute Gasteiger partial charge is 0.490 e. The van der Waals surface area contributed by atoms with Crippen LogP contribution >= 0.6 is 0 Å². The fourth-order valence-corrected chi connectivity index (χ4v) is 3.74. The van der Waals surface area contributed by atoms with Crippen LogP contribution in [-0.4, -0.2) is 48.7 Å². The van der Waals surface area contributed by atoms with Crippen LogP contribution in [0.15, 0.2) is 18.2 Å². The van der Waals surface area contributed by atoms with Crippen molar-refractivity contribution in [3.8, 4) is 11.5 Å². The monoisotopic (exact) mass is 425 g/mol. The summed E-state index contributed by atoms with van der Waals surface area (Å²) in [6.45, 7) is -0.332. The maximum Gasteiger partial charge on any atom is 0.387 e. The van der Waals surface area contributed by atoms with Gasteiger partial charge in [0.25, 0.3) is 0 Å². The van der Waals surface area contributed by atoms with E-state index >= 15 is 0 Å². The molecule has 0 bridgehead atoms. The highest BCUT2D eigenvalue weighted by Crippen LogP contribution is 2.32. The number of urea groups is 1. The minimum Gasteiger partial charge on any atom is -0.490 e. The summed E-state index contributed by atoms with van der Waals surface area (Å²) in [4.78, 5) is 26.4. The summed E-state index contributed by atoms with van der Waals surface area (Å²) < 4.78 is 35.1. The van der Waals surface area contributed by atoms with Gasteiger partial charge in [0, 0.05) is 18.6 Å². The molecule has 1 aromatic carbocycles. The van der Waals surface area contributed by atoms with E-state index in [0.717, 1.165) is 44.1 Å². The number of imide groups is 1. The van der Waals surface area contributed by atoms with Crippen LogP contribution in [0.4, 0.5) is 13.6 Å². The van der Waals surface area contributed by atoms with Crippen LogP contribution < -0.4 is 20.1 Å². The standard InChI is InChI=1S/C21H29F2N3O4/c1-2-29-18-11-14(7-10-17(18)30-20(22)23)12-26(16-8-9-16)13-19(27)25-21(28)24-15-5-3-4-6-15/h7,10-11,15-16,20H,2-6,8-9,12-13H2,1H3,(H2,24,25,27,28). The van der Waals surface area contributed by atoms with Gasteiger partial charge < -0.3 is 14.8 Å². The van der Waals surface area contributed by atoms with Crippen LogP contribution in [0.2, 0.25) is 0 Å². The van der Waals surface area contributed by atoms with Gasteiger partial charge in [-0.2, -0.15) is 8.78 Å². The van der Waals surface area contributed by atoms with Crippen LogP contribution in [0.5, 0.6) is 11.5 Å². The average molecular weight is 425 g/mol. The summed E-state index contributed by atoms with van der Waals surface area (Å²) in [6.07, 6.45) is 6.05. The summed E-state index contributed by atoms with van der Waals surface area (Å²) >= 11 is 0. The van der Waals surface area contributed by atoms with Crippen LogP contribution in [0.25, 0.3) is 0 Å². The Kier molecular flexibility index (Phi) is 7.84. The van der Waals surface area contributed by atoms with E-state index in [9.17, 15) is 18.4 Å². The molecular weight excluding hydrogens is 396 g/mol. The second-order valence-electron chi connectivity index (χ2n) is 7.73. The molecule has 2 N–H and O–H groups in total. The second kappa shape index (κ2) is 10.6. The fraction of sp³-hybridized carbons (Fsp3) is 0.619. The van der Waals surface area contributed by atoms with E-state index in [-0.39, 0.29) is 36.0 Å². The van der Waals surface area contributed by atoms with Crippen molar-refractivity contribution in [3.63, 3.8) is 0 Å². The Hall–Kier alpha value is -2.42. The molecule has 2 aliphatic rings. The molecule has 0 aliphatic heterocycles. The Bertz CT molecular complexity index is 737. The second-order valence-corrected chi connectivity index (χ2v) is 7.73. The maximum atomic E-state index is 12.6. The van der Waals surface area contributed by atoms with Crippen molar-refractivity contribution in [2.24, 2.45) is 0 Å². The molecule has 0 heterocycles. The molecule has 0 aromatic heterocycles. The summed E-state index contributed by atoms with van der Waals surface area (Å²) in [7, 11) is 0. The molecule has 30 heavy (non-hydrogen) atoms. The predicted molar refractivity (Wildman–Crippen MR) is 107 cm³/mol. The smallest absolute Gasteiger partial charge is 0.387 e. The Morgan fingerprint density at radius 2 is 1.90 bits per heavy atom. The predicted octanol–water partition coefficient (Wildman–Crippen LogP) is 3.42. The van der Waals surface area contributed by atoms with Crippen molar-refractivity contribution in [3.05, 3.63) is 23.8 Å². The van der Waals surface area contributed by atoms with E-state index in [0.29, 0.717) is 13.2 Å². The lowest BCUT2D eigenvalue weighted by Gasteiger charge is -2.22. The number of carbonyl (C=O) groups is 2. The first-order valence-electron chi connectivity index (χ1n) is 10.5. The molecular formula is C21H29F2N3O4. The lowest BCUT2D eigenvalue weighted by Crippen LogP contribution is -2.47. The van der Waals surface area contributed by atoms with E-state index in [1.807, 2.05) is 4.90 Å². The SMILES string of the molecule is CCOc1cc(CN(CC(=O)NC(=O)NC2CCCC2)C2CC2)ccc1OC(F)F. The minimum absolute atomic E-state index is 0.0186. The van der Waals surface area contributed by atoms with Gasteiger partial charge in [0.05, 0.1) is 13.2 Å². The molecule has 3 amide bonds. The highest BCUT2D eigenvalue weighted by atomic mass is 19.3. The average Bonchev–Trinajstić information content (AvgIpc) is 3.40. The number of alkyl halides is 2. The van der Waals surface area contributed by atoms with Crippen LogP contribution in [-0.2, 0) is 11.3 Å². The van der Waals surface area contributed by atoms with Gasteiger partial charge in [-0.1, -0.05) is 18.9 Å². The zero-order chi connectivity index (χ0) is 21.5. The maximum absolute atomic E-state index is 12.6. The van der Waals surface area contributed by atoms with E-state index in [2.05, 4.69) is 15.4 Å². The molecule has 1 aromatic rings. The normalized spacial score (nSPS) is 16.7. The number of amides is 3. The van der Waals surface area contributed by atoms with Crippen molar-refractivity contribution in [1.82, 2.24) is 15.5 Å². The number of hydrogen-bond acceptors (Lipinski definition) is 5. The van der Waals surface area contributed by atoms with Crippen molar-refractivity contribution >= 4 is 11.9 Å². The van der Waals surface area contributed by atoms with Crippen molar-refractivity contribution in [2.45, 2.75) is 70.7 Å². The lowest BCUT2D eigenvalue weighted by molar-refractivity contribution is -0.121. The van der Waals surface area contributed by atoms with E-state index in [1.54, 1.807) is 19.1 Å². The molecule has 0 radical (unpaired) electrons. The van der Waals surface area contributed by atoms with Crippen LogP contribution in [0.1, 0.15) is 51.0 Å². The van der Waals surface area contributed by atoms with Gasteiger partial charge in [-0.15, -0.1) is 0 Å². The number of nitrogens with one attached hydrogen (secondary N) is 2. The van der Waals surface area contributed by atoms with E-state index in [4.69, 9.17) is 4.74 Å². The van der Waals surface area contributed by atoms with Gasteiger partial charge in [0.15, 0.2) is 11.5 Å². The molecule has 166 valence electrons. The Labute approximate surface area is 175 Å². The van der Waals surface area contributed by atoms with E-state index in [1.165, 1.54) is 6.07 Å². The quantitative estimate of drug-likeness (QED) is 0.601. The molecule has 2 fully saturated rings. The van der Waals surface area contributed by atoms with E-state index < -0.39 is 12.6 Å².